The number of amides is 2. The lowest BCUT2D eigenvalue weighted by Crippen LogP contribution is -2.14. The van der Waals surface area contributed by atoms with Crippen molar-refractivity contribution in [3.05, 3.63) is 34.4 Å². The third-order valence-electron chi connectivity index (χ3n) is 2.91. The Bertz CT molecular complexity index is 809. The predicted octanol–water partition coefficient (Wildman–Crippen LogP) is 3.16. The minimum absolute atomic E-state index is 0.0667. The van der Waals surface area contributed by atoms with E-state index in [2.05, 4.69) is 20.8 Å². The standard InChI is InChI=1S/C15H17N5O4S2/c1-9(2)6-12(21)17-14-18-19-15(26-14)25-8-13(22)16-10-4-3-5-11(7-10)20(23)24/h3-5,7,9H,6,8H2,1-2H3,(H,16,22)(H,17,18,21). The van der Waals surface area contributed by atoms with Gasteiger partial charge < -0.3 is 10.6 Å². The van der Waals surface area contributed by atoms with E-state index >= 15 is 0 Å². The average molecular weight is 395 g/mol. The maximum atomic E-state index is 12.0. The van der Waals surface area contributed by atoms with Crippen LogP contribution in [0.3, 0.4) is 0 Å². The first-order chi connectivity index (χ1) is 12.3. The third-order valence-corrected chi connectivity index (χ3v) is 4.89. The minimum Gasteiger partial charge on any atom is -0.325 e. The van der Waals surface area contributed by atoms with Crippen molar-refractivity contribution >= 4 is 51.4 Å². The molecule has 26 heavy (non-hydrogen) atoms. The van der Waals surface area contributed by atoms with E-state index in [-0.39, 0.29) is 29.2 Å². The van der Waals surface area contributed by atoms with Crippen LogP contribution in [0.1, 0.15) is 20.3 Å². The van der Waals surface area contributed by atoms with E-state index in [0.29, 0.717) is 21.6 Å². The van der Waals surface area contributed by atoms with Crippen LogP contribution in [0, 0.1) is 16.0 Å². The van der Waals surface area contributed by atoms with Crippen LogP contribution in [-0.4, -0.2) is 32.7 Å². The summed E-state index contributed by atoms with van der Waals surface area (Å²) in [6.45, 7) is 3.89. The molecule has 138 valence electrons. The highest BCUT2D eigenvalue weighted by atomic mass is 32.2. The minimum atomic E-state index is -0.527. The number of carbonyl (C=O) groups is 2. The molecule has 2 amide bonds. The first-order valence-electron chi connectivity index (χ1n) is 7.64. The van der Waals surface area contributed by atoms with Gasteiger partial charge in [-0.1, -0.05) is 43.0 Å². The Morgan fingerprint density at radius 1 is 1.27 bits per heavy atom. The van der Waals surface area contributed by atoms with Crippen LogP contribution >= 0.6 is 23.1 Å². The molecular formula is C15H17N5O4S2. The van der Waals surface area contributed by atoms with Crippen molar-refractivity contribution in [3.63, 3.8) is 0 Å². The molecule has 0 bridgehead atoms. The number of aromatic nitrogens is 2. The van der Waals surface area contributed by atoms with Crippen molar-refractivity contribution < 1.29 is 14.5 Å². The van der Waals surface area contributed by atoms with E-state index in [1.807, 2.05) is 13.8 Å². The number of thioether (sulfide) groups is 1. The molecule has 0 fully saturated rings. The largest absolute Gasteiger partial charge is 0.325 e. The number of benzene rings is 1. The molecule has 0 saturated heterocycles. The van der Waals surface area contributed by atoms with Crippen molar-refractivity contribution in [2.24, 2.45) is 5.92 Å². The summed E-state index contributed by atoms with van der Waals surface area (Å²) in [6.07, 6.45) is 0.397. The zero-order valence-electron chi connectivity index (χ0n) is 14.1. The van der Waals surface area contributed by atoms with Gasteiger partial charge in [0.15, 0.2) is 4.34 Å². The maximum absolute atomic E-state index is 12.0. The molecule has 0 saturated carbocycles. The number of anilines is 2. The molecule has 2 rings (SSSR count). The highest BCUT2D eigenvalue weighted by molar-refractivity contribution is 8.01. The van der Waals surface area contributed by atoms with E-state index in [9.17, 15) is 19.7 Å². The van der Waals surface area contributed by atoms with Crippen LogP contribution in [0.15, 0.2) is 28.6 Å². The molecule has 0 spiro atoms. The van der Waals surface area contributed by atoms with Gasteiger partial charge in [-0.3, -0.25) is 19.7 Å². The summed E-state index contributed by atoms with van der Waals surface area (Å²) in [6, 6.07) is 5.71. The van der Waals surface area contributed by atoms with Crippen LogP contribution in [0.5, 0.6) is 0 Å². The van der Waals surface area contributed by atoms with Gasteiger partial charge in [-0.05, 0) is 12.0 Å². The van der Waals surface area contributed by atoms with Crippen LogP contribution in [0.2, 0.25) is 0 Å². The van der Waals surface area contributed by atoms with E-state index in [1.54, 1.807) is 6.07 Å². The Morgan fingerprint density at radius 2 is 2.04 bits per heavy atom. The van der Waals surface area contributed by atoms with Gasteiger partial charge in [-0.15, -0.1) is 10.2 Å². The lowest BCUT2D eigenvalue weighted by Gasteiger charge is -2.04. The van der Waals surface area contributed by atoms with E-state index in [4.69, 9.17) is 0 Å². The molecule has 0 aliphatic rings. The fourth-order valence-electron chi connectivity index (χ4n) is 1.88. The molecule has 0 unspecified atom stereocenters. The smallest absolute Gasteiger partial charge is 0.271 e. The number of carbonyl (C=O) groups excluding carboxylic acids is 2. The van der Waals surface area contributed by atoms with E-state index < -0.39 is 4.92 Å². The number of hydrogen-bond acceptors (Lipinski definition) is 8. The number of hydrogen-bond donors (Lipinski definition) is 2. The van der Waals surface area contributed by atoms with Crippen molar-refractivity contribution in [1.82, 2.24) is 10.2 Å². The van der Waals surface area contributed by atoms with E-state index in [1.165, 1.54) is 41.3 Å². The molecule has 1 aromatic heterocycles. The Labute approximate surface area is 157 Å². The summed E-state index contributed by atoms with van der Waals surface area (Å²) in [7, 11) is 0. The van der Waals surface area contributed by atoms with Crippen LogP contribution in [0.25, 0.3) is 0 Å². The molecule has 1 aromatic carbocycles. The Morgan fingerprint density at radius 3 is 2.73 bits per heavy atom. The predicted molar refractivity (Wildman–Crippen MR) is 100 cm³/mol. The molecule has 0 radical (unpaired) electrons. The van der Waals surface area contributed by atoms with Crippen molar-refractivity contribution in [2.45, 2.75) is 24.6 Å². The second-order valence-electron chi connectivity index (χ2n) is 5.66. The molecule has 11 heteroatoms. The first kappa shape index (κ1) is 19.8. The van der Waals surface area contributed by atoms with Gasteiger partial charge in [0.05, 0.1) is 10.7 Å². The zero-order valence-corrected chi connectivity index (χ0v) is 15.7. The fourth-order valence-corrected chi connectivity index (χ4v) is 3.45. The van der Waals surface area contributed by atoms with Gasteiger partial charge in [0.25, 0.3) is 5.69 Å². The summed E-state index contributed by atoms with van der Waals surface area (Å²) >= 11 is 2.35. The summed E-state index contributed by atoms with van der Waals surface area (Å²) in [5.74, 6) is -0.140. The number of rotatable bonds is 8. The molecular weight excluding hydrogens is 378 g/mol. The summed E-state index contributed by atoms with van der Waals surface area (Å²) in [4.78, 5) is 33.8. The van der Waals surface area contributed by atoms with Gasteiger partial charge in [-0.25, -0.2) is 0 Å². The fraction of sp³-hybridized carbons (Fsp3) is 0.333. The quantitative estimate of drug-likeness (QED) is 0.304. The lowest BCUT2D eigenvalue weighted by atomic mass is 10.1. The van der Waals surface area contributed by atoms with Gasteiger partial charge in [0, 0.05) is 24.2 Å². The van der Waals surface area contributed by atoms with Crippen molar-refractivity contribution in [3.8, 4) is 0 Å². The molecule has 1 heterocycles. The maximum Gasteiger partial charge on any atom is 0.271 e. The number of non-ortho nitro benzene ring substituents is 1. The second-order valence-corrected chi connectivity index (χ2v) is 7.86. The van der Waals surface area contributed by atoms with Gasteiger partial charge in [0.2, 0.25) is 16.9 Å². The number of nitrogens with one attached hydrogen (secondary N) is 2. The highest BCUT2D eigenvalue weighted by Crippen LogP contribution is 2.26. The summed E-state index contributed by atoms with van der Waals surface area (Å²) in [5.41, 5.74) is 0.255. The monoisotopic (exact) mass is 395 g/mol. The zero-order chi connectivity index (χ0) is 19.1. The van der Waals surface area contributed by atoms with Gasteiger partial charge >= 0.3 is 0 Å². The second kappa shape index (κ2) is 9.25. The molecule has 0 atom stereocenters. The molecule has 0 aliphatic heterocycles. The number of nitrogens with zero attached hydrogens (tertiary/aromatic N) is 3. The Balaban J connectivity index is 1.83. The average Bonchev–Trinajstić information content (AvgIpc) is 2.99. The lowest BCUT2D eigenvalue weighted by molar-refractivity contribution is -0.384. The first-order valence-corrected chi connectivity index (χ1v) is 9.44. The molecule has 9 nitrogen and oxygen atoms in total. The van der Waals surface area contributed by atoms with Gasteiger partial charge in [0.1, 0.15) is 0 Å². The number of nitro groups is 1. The summed E-state index contributed by atoms with van der Waals surface area (Å²) < 4.78 is 0.541. The summed E-state index contributed by atoms with van der Waals surface area (Å²) in [5, 5.41) is 24.2. The molecule has 2 aromatic rings. The Kier molecular flexibility index (Phi) is 7.04. The van der Waals surface area contributed by atoms with Crippen LogP contribution < -0.4 is 10.6 Å². The number of nitro benzene ring substituents is 1. The highest BCUT2D eigenvalue weighted by Gasteiger charge is 2.12. The topological polar surface area (TPSA) is 127 Å². The Hall–Kier alpha value is -2.53. The van der Waals surface area contributed by atoms with Crippen LogP contribution in [0.4, 0.5) is 16.5 Å². The molecule has 2 N–H and O–H groups in total. The normalized spacial score (nSPS) is 10.6. The SMILES string of the molecule is CC(C)CC(=O)Nc1nnc(SCC(=O)Nc2cccc([N+](=O)[O-])c2)s1. The molecule has 0 aliphatic carbocycles. The van der Waals surface area contributed by atoms with Crippen molar-refractivity contribution in [1.29, 1.82) is 0 Å². The van der Waals surface area contributed by atoms with E-state index in [0.717, 1.165) is 0 Å². The van der Waals surface area contributed by atoms with Gasteiger partial charge in [-0.2, -0.15) is 0 Å². The van der Waals surface area contributed by atoms with Crippen LogP contribution in [-0.2, 0) is 9.59 Å². The third kappa shape index (κ3) is 6.41. The van der Waals surface area contributed by atoms with Crippen molar-refractivity contribution in [2.75, 3.05) is 16.4 Å².